The van der Waals surface area contributed by atoms with Gasteiger partial charge in [-0.05, 0) is 36.3 Å². The summed E-state index contributed by atoms with van der Waals surface area (Å²) in [6.07, 6.45) is 20.1. The van der Waals surface area contributed by atoms with Crippen LogP contribution in [0, 0.1) is 17.8 Å². The van der Waals surface area contributed by atoms with Gasteiger partial charge in [0, 0.05) is 0 Å². The van der Waals surface area contributed by atoms with E-state index in [1.165, 1.54) is 89.9 Å². The van der Waals surface area contributed by atoms with Crippen LogP contribution in [-0.4, -0.2) is 17.0 Å². The topological polar surface area (TPSA) is 20.2 Å². The van der Waals surface area contributed by atoms with Gasteiger partial charge in [0.25, 0.3) is 0 Å². The molecule has 0 aromatic carbocycles. The summed E-state index contributed by atoms with van der Waals surface area (Å²) >= 11 is 4.31. The molecule has 0 aliphatic carbocycles. The average molecular weight is 387 g/mol. The van der Waals surface area contributed by atoms with Gasteiger partial charge < -0.3 is 5.11 Å². The van der Waals surface area contributed by atoms with Crippen molar-refractivity contribution in [1.82, 2.24) is 0 Å². The fourth-order valence-electron chi connectivity index (χ4n) is 4.04. The van der Waals surface area contributed by atoms with Gasteiger partial charge in [-0.25, -0.2) is 0 Å². The Morgan fingerprint density at radius 3 is 1.46 bits per heavy atom. The van der Waals surface area contributed by atoms with Crippen LogP contribution in [0.15, 0.2) is 0 Å². The van der Waals surface area contributed by atoms with Crippen molar-refractivity contribution in [3.05, 3.63) is 0 Å². The average Bonchev–Trinajstić information content (AvgIpc) is 2.61. The molecule has 158 valence electrons. The third-order valence-corrected chi connectivity index (χ3v) is 6.55. The third-order valence-electron chi connectivity index (χ3n) is 6.29. The maximum absolute atomic E-state index is 10.5. The highest BCUT2D eigenvalue weighted by Gasteiger charge is 2.26. The van der Waals surface area contributed by atoms with Crippen molar-refractivity contribution in [2.75, 3.05) is 5.75 Å². The van der Waals surface area contributed by atoms with Gasteiger partial charge in [-0.3, -0.25) is 0 Å². The summed E-state index contributed by atoms with van der Waals surface area (Å²) in [5.41, 5.74) is 0. The second-order valence-corrected chi connectivity index (χ2v) is 9.33. The first kappa shape index (κ1) is 26.3. The van der Waals surface area contributed by atoms with Crippen molar-refractivity contribution in [1.29, 1.82) is 0 Å². The lowest BCUT2D eigenvalue weighted by Gasteiger charge is -2.31. The lowest BCUT2D eigenvalue weighted by molar-refractivity contribution is 0.0532. The molecule has 0 saturated heterocycles. The highest BCUT2D eigenvalue weighted by molar-refractivity contribution is 7.80. The minimum absolute atomic E-state index is 0.165. The van der Waals surface area contributed by atoms with Gasteiger partial charge >= 0.3 is 0 Å². The Morgan fingerprint density at radius 1 is 0.654 bits per heavy atom. The van der Waals surface area contributed by atoms with E-state index in [4.69, 9.17) is 0 Å². The van der Waals surface area contributed by atoms with E-state index in [2.05, 4.69) is 40.3 Å². The summed E-state index contributed by atoms with van der Waals surface area (Å²) in [4.78, 5) is 0. The Bertz CT molecular complexity index is 279. The molecule has 0 amide bonds. The van der Waals surface area contributed by atoms with Crippen LogP contribution >= 0.6 is 12.6 Å². The Morgan fingerprint density at radius 2 is 1.08 bits per heavy atom. The molecule has 0 radical (unpaired) electrons. The summed E-state index contributed by atoms with van der Waals surface area (Å²) < 4.78 is 0. The molecule has 0 rings (SSSR count). The van der Waals surface area contributed by atoms with Crippen molar-refractivity contribution < 1.29 is 5.11 Å². The Labute approximate surface area is 171 Å². The lowest BCUT2D eigenvalue weighted by atomic mass is 9.78. The first-order valence-electron chi connectivity index (χ1n) is 11.8. The quantitative estimate of drug-likeness (QED) is 0.170. The Kier molecular flexibility index (Phi) is 18.9. The predicted octanol–water partition coefficient (Wildman–Crippen LogP) is 8.06. The van der Waals surface area contributed by atoms with Crippen molar-refractivity contribution >= 4 is 12.6 Å². The zero-order valence-corrected chi connectivity index (χ0v) is 19.4. The first-order valence-corrected chi connectivity index (χ1v) is 12.5. The minimum Gasteiger partial charge on any atom is -0.393 e. The molecular formula is C24H50OS. The monoisotopic (exact) mass is 386 g/mol. The number of hydrogen-bond donors (Lipinski definition) is 2. The van der Waals surface area contributed by atoms with E-state index in [0.29, 0.717) is 17.8 Å². The van der Waals surface area contributed by atoms with E-state index < -0.39 is 0 Å². The van der Waals surface area contributed by atoms with Gasteiger partial charge in [0.1, 0.15) is 0 Å². The molecule has 0 heterocycles. The van der Waals surface area contributed by atoms with E-state index >= 15 is 0 Å². The molecule has 0 bridgehead atoms. The van der Waals surface area contributed by atoms with Gasteiger partial charge in [-0.2, -0.15) is 12.6 Å². The van der Waals surface area contributed by atoms with E-state index in [1.807, 2.05) is 0 Å². The number of aliphatic hydroxyl groups excluding tert-OH is 1. The molecule has 0 saturated carbocycles. The summed E-state index contributed by atoms with van der Waals surface area (Å²) in [6, 6.07) is 0. The van der Waals surface area contributed by atoms with Crippen LogP contribution in [0.2, 0.25) is 0 Å². The first-order chi connectivity index (χ1) is 12.5. The number of hydrogen-bond acceptors (Lipinski definition) is 2. The van der Waals surface area contributed by atoms with Gasteiger partial charge in [-0.1, -0.05) is 111 Å². The number of rotatable bonds is 19. The zero-order valence-electron chi connectivity index (χ0n) is 18.5. The molecule has 1 nitrogen and oxygen atoms in total. The van der Waals surface area contributed by atoms with Gasteiger partial charge in [0.05, 0.1) is 6.10 Å². The molecule has 0 spiro atoms. The fourth-order valence-corrected chi connectivity index (χ4v) is 4.31. The van der Waals surface area contributed by atoms with Crippen molar-refractivity contribution in [3.63, 3.8) is 0 Å². The zero-order chi connectivity index (χ0) is 19.6. The maximum atomic E-state index is 10.5. The van der Waals surface area contributed by atoms with Crippen LogP contribution in [-0.2, 0) is 0 Å². The normalized spacial score (nSPS) is 15.3. The number of unbranched alkanes of at least 4 members (excludes halogenated alkanes) is 12. The molecule has 1 N–H and O–H groups in total. The Hall–Kier alpha value is 0.310. The van der Waals surface area contributed by atoms with E-state index in [9.17, 15) is 5.11 Å². The fraction of sp³-hybridized carbons (Fsp3) is 1.00. The number of aliphatic hydroxyl groups is 1. The van der Waals surface area contributed by atoms with Crippen molar-refractivity contribution in [2.24, 2.45) is 17.8 Å². The highest BCUT2D eigenvalue weighted by atomic mass is 32.1. The molecule has 2 heteroatoms. The predicted molar refractivity (Wildman–Crippen MR) is 122 cm³/mol. The second-order valence-electron chi connectivity index (χ2n) is 8.88. The minimum atomic E-state index is -0.165. The van der Waals surface area contributed by atoms with E-state index in [0.717, 1.165) is 12.2 Å². The lowest BCUT2D eigenvalue weighted by Crippen LogP contribution is -2.29. The summed E-state index contributed by atoms with van der Waals surface area (Å²) in [5, 5.41) is 10.5. The number of thiol groups is 1. The highest BCUT2D eigenvalue weighted by Crippen LogP contribution is 2.30. The molecule has 0 aromatic rings. The van der Waals surface area contributed by atoms with E-state index in [-0.39, 0.29) is 6.10 Å². The van der Waals surface area contributed by atoms with Crippen LogP contribution < -0.4 is 0 Å². The van der Waals surface area contributed by atoms with Gasteiger partial charge in [0.2, 0.25) is 0 Å². The largest absolute Gasteiger partial charge is 0.393 e. The molecule has 0 aliphatic heterocycles. The molecule has 26 heavy (non-hydrogen) atoms. The molecule has 0 aliphatic rings. The molecule has 3 unspecified atom stereocenters. The van der Waals surface area contributed by atoms with Gasteiger partial charge in [0.15, 0.2) is 0 Å². The van der Waals surface area contributed by atoms with E-state index in [1.54, 1.807) is 0 Å². The summed E-state index contributed by atoms with van der Waals surface area (Å²) in [7, 11) is 0. The molecule has 0 fully saturated rings. The standard InChI is InChI=1S/C24H50OS/c1-5-6-7-8-9-10-11-12-13-14-15-16-17-18-23(22(4)21(2)3)24(25)19-20-26/h21-26H,5-20H2,1-4H3. The van der Waals surface area contributed by atoms with Crippen LogP contribution in [0.1, 0.15) is 124 Å². The smallest absolute Gasteiger partial charge is 0.0578 e. The third kappa shape index (κ3) is 14.4. The van der Waals surface area contributed by atoms with Crippen LogP contribution in [0.25, 0.3) is 0 Å². The second kappa shape index (κ2) is 18.7. The summed E-state index contributed by atoms with van der Waals surface area (Å²) in [5.74, 6) is 2.50. The maximum Gasteiger partial charge on any atom is 0.0578 e. The molecular weight excluding hydrogens is 336 g/mol. The molecule has 3 atom stereocenters. The summed E-state index contributed by atoms with van der Waals surface area (Å²) in [6.45, 7) is 9.18. The van der Waals surface area contributed by atoms with Gasteiger partial charge in [-0.15, -0.1) is 0 Å². The van der Waals surface area contributed by atoms with Crippen LogP contribution in [0.5, 0.6) is 0 Å². The van der Waals surface area contributed by atoms with Crippen LogP contribution in [0.3, 0.4) is 0 Å². The van der Waals surface area contributed by atoms with Crippen molar-refractivity contribution in [2.45, 2.75) is 130 Å². The SMILES string of the molecule is CCCCCCCCCCCCCCCC(C(O)CCS)C(C)C(C)C. The van der Waals surface area contributed by atoms with Crippen molar-refractivity contribution in [3.8, 4) is 0 Å². The molecule has 0 aromatic heterocycles. The van der Waals surface area contributed by atoms with Crippen LogP contribution in [0.4, 0.5) is 0 Å². The Balaban J connectivity index is 3.63.